The Morgan fingerprint density at radius 2 is 1.76 bits per heavy atom. The summed E-state index contributed by atoms with van der Waals surface area (Å²) in [4.78, 5) is 2.32. The van der Waals surface area contributed by atoms with E-state index in [-0.39, 0.29) is 0 Å². The quantitative estimate of drug-likeness (QED) is 0.864. The van der Waals surface area contributed by atoms with E-state index in [2.05, 4.69) is 43.9 Å². The van der Waals surface area contributed by atoms with Gasteiger partial charge in [0.05, 0.1) is 5.60 Å². The summed E-state index contributed by atoms with van der Waals surface area (Å²) in [6, 6.07) is 6.68. The standard InChI is InChI=1S/C15H23NO/c1-4-5-15(17)10-16(11-15)9-14-7-12(2)6-13(3)8-14/h6-8,17H,4-5,9-11H2,1-3H3. The summed E-state index contributed by atoms with van der Waals surface area (Å²) in [6.45, 7) is 9.03. The number of hydrogen-bond acceptors (Lipinski definition) is 2. The molecule has 17 heavy (non-hydrogen) atoms. The van der Waals surface area contributed by atoms with Gasteiger partial charge in [-0.1, -0.05) is 42.7 Å². The average molecular weight is 233 g/mol. The van der Waals surface area contributed by atoms with Crippen molar-refractivity contribution in [3.8, 4) is 0 Å². The van der Waals surface area contributed by atoms with Crippen LogP contribution in [0.15, 0.2) is 18.2 Å². The fourth-order valence-electron chi connectivity index (χ4n) is 2.94. The molecule has 0 aliphatic carbocycles. The molecule has 1 heterocycles. The van der Waals surface area contributed by atoms with Crippen molar-refractivity contribution in [2.75, 3.05) is 13.1 Å². The molecule has 0 unspecified atom stereocenters. The maximum atomic E-state index is 10.1. The van der Waals surface area contributed by atoms with Crippen LogP contribution in [0, 0.1) is 13.8 Å². The fourth-order valence-corrected chi connectivity index (χ4v) is 2.94. The zero-order valence-corrected chi connectivity index (χ0v) is 11.2. The van der Waals surface area contributed by atoms with Crippen LogP contribution in [-0.2, 0) is 6.54 Å². The maximum Gasteiger partial charge on any atom is 0.0900 e. The molecule has 1 fully saturated rings. The second-order valence-electron chi connectivity index (χ2n) is 5.62. The summed E-state index contributed by atoms with van der Waals surface area (Å²) >= 11 is 0. The van der Waals surface area contributed by atoms with Gasteiger partial charge < -0.3 is 5.11 Å². The topological polar surface area (TPSA) is 23.5 Å². The molecule has 94 valence electrons. The monoisotopic (exact) mass is 233 g/mol. The molecule has 2 nitrogen and oxygen atoms in total. The van der Waals surface area contributed by atoms with Crippen LogP contribution >= 0.6 is 0 Å². The molecule has 1 aliphatic heterocycles. The molecule has 2 rings (SSSR count). The number of β-amino-alcohol motifs (C(OH)–C–C–N with tert-alkyl or cyclic N) is 1. The van der Waals surface area contributed by atoms with Crippen molar-refractivity contribution in [1.82, 2.24) is 4.90 Å². The highest BCUT2D eigenvalue weighted by atomic mass is 16.3. The van der Waals surface area contributed by atoms with E-state index in [0.29, 0.717) is 0 Å². The van der Waals surface area contributed by atoms with Crippen LogP contribution in [-0.4, -0.2) is 28.7 Å². The summed E-state index contributed by atoms with van der Waals surface area (Å²) in [5, 5.41) is 10.1. The van der Waals surface area contributed by atoms with E-state index in [1.807, 2.05) is 0 Å². The summed E-state index contributed by atoms with van der Waals surface area (Å²) < 4.78 is 0. The predicted octanol–water partition coefficient (Wildman–Crippen LogP) is 2.65. The zero-order chi connectivity index (χ0) is 12.5. The van der Waals surface area contributed by atoms with Gasteiger partial charge in [-0.15, -0.1) is 0 Å². The van der Waals surface area contributed by atoms with E-state index in [1.54, 1.807) is 0 Å². The number of nitrogens with zero attached hydrogens (tertiary/aromatic N) is 1. The van der Waals surface area contributed by atoms with E-state index >= 15 is 0 Å². The fraction of sp³-hybridized carbons (Fsp3) is 0.600. The van der Waals surface area contributed by atoms with E-state index < -0.39 is 5.60 Å². The lowest BCUT2D eigenvalue weighted by Crippen LogP contribution is -2.60. The highest BCUT2D eigenvalue weighted by molar-refractivity contribution is 5.28. The third-order valence-electron chi connectivity index (χ3n) is 3.44. The van der Waals surface area contributed by atoms with Crippen molar-refractivity contribution < 1.29 is 5.11 Å². The summed E-state index contributed by atoms with van der Waals surface area (Å²) in [5.74, 6) is 0. The van der Waals surface area contributed by atoms with E-state index in [4.69, 9.17) is 0 Å². The van der Waals surface area contributed by atoms with Crippen LogP contribution in [0.4, 0.5) is 0 Å². The molecule has 1 saturated heterocycles. The Labute approximate surface area is 104 Å². The van der Waals surface area contributed by atoms with Crippen LogP contribution < -0.4 is 0 Å². The molecule has 0 amide bonds. The van der Waals surface area contributed by atoms with Gasteiger partial charge in [0.25, 0.3) is 0 Å². The largest absolute Gasteiger partial charge is 0.387 e. The molecule has 0 atom stereocenters. The van der Waals surface area contributed by atoms with Crippen LogP contribution in [0.5, 0.6) is 0 Å². The Morgan fingerprint density at radius 3 is 2.29 bits per heavy atom. The number of rotatable bonds is 4. The smallest absolute Gasteiger partial charge is 0.0900 e. The van der Waals surface area contributed by atoms with Gasteiger partial charge in [-0.25, -0.2) is 0 Å². The molecular formula is C15H23NO. The number of hydrogen-bond donors (Lipinski definition) is 1. The van der Waals surface area contributed by atoms with E-state index in [1.165, 1.54) is 16.7 Å². The zero-order valence-electron chi connectivity index (χ0n) is 11.2. The molecule has 0 saturated carbocycles. The van der Waals surface area contributed by atoms with Gasteiger partial charge >= 0.3 is 0 Å². The first kappa shape index (κ1) is 12.6. The first-order chi connectivity index (χ1) is 8.00. The number of likely N-dealkylation sites (tertiary alicyclic amines) is 1. The lowest BCUT2D eigenvalue weighted by Gasteiger charge is -2.46. The molecule has 1 aliphatic rings. The Balaban J connectivity index is 1.91. The Kier molecular flexibility index (Phi) is 3.55. The van der Waals surface area contributed by atoms with Gasteiger partial charge in [0.15, 0.2) is 0 Å². The lowest BCUT2D eigenvalue weighted by atomic mass is 9.89. The maximum absolute atomic E-state index is 10.1. The van der Waals surface area contributed by atoms with Crippen LogP contribution in [0.3, 0.4) is 0 Å². The van der Waals surface area contributed by atoms with Crippen molar-refractivity contribution in [2.45, 2.75) is 45.8 Å². The highest BCUT2D eigenvalue weighted by Gasteiger charge is 2.39. The second kappa shape index (κ2) is 4.79. The van der Waals surface area contributed by atoms with Gasteiger partial charge in [-0.05, 0) is 25.8 Å². The van der Waals surface area contributed by atoms with Gasteiger partial charge in [0.2, 0.25) is 0 Å². The Hall–Kier alpha value is -0.860. The first-order valence-electron chi connectivity index (χ1n) is 6.53. The van der Waals surface area contributed by atoms with Crippen LogP contribution in [0.2, 0.25) is 0 Å². The van der Waals surface area contributed by atoms with Crippen molar-refractivity contribution in [3.63, 3.8) is 0 Å². The lowest BCUT2D eigenvalue weighted by molar-refractivity contribution is -0.106. The molecule has 0 aromatic heterocycles. The summed E-state index contributed by atoms with van der Waals surface area (Å²) in [5.41, 5.74) is 3.60. The number of aliphatic hydroxyl groups is 1. The van der Waals surface area contributed by atoms with E-state index in [0.717, 1.165) is 32.5 Å². The first-order valence-corrected chi connectivity index (χ1v) is 6.53. The number of benzene rings is 1. The van der Waals surface area contributed by atoms with Gasteiger partial charge in [0.1, 0.15) is 0 Å². The minimum absolute atomic E-state index is 0.409. The van der Waals surface area contributed by atoms with Gasteiger partial charge in [-0.3, -0.25) is 4.90 Å². The Morgan fingerprint density at radius 1 is 1.18 bits per heavy atom. The van der Waals surface area contributed by atoms with Crippen LogP contribution in [0.1, 0.15) is 36.5 Å². The molecule has 0 spiro atoms. The normalized spacial score (nSPS) is 19.1. The van der Waals surface area contributed by atoms with Crippen molar-refractivity contribution in [2.24, 2.45) is 0 Å². The molecule has 0 bridgehead atoms. The number of aryl methyl sites for hydroxylation is 2. The third-order valence-corrected chi connectivity index (χ3v) is 3.44. The third kappa shape index (κ3) is 3.08. The molecule has 0 radical (unpaired) electrons. The molecular weight excluding hydrogens is 210 g/mol. The van der Waals surface area contributed by atoms with Crippen LogP contribution in [0.25, 0.3) is 0 Å². The van der Waals surface area contributed by atoms with Gasteiger partial charge in [-0.2, -0.15) is 0 Å². The molecule has 1 aromatic rings. The van der Waals surface area contributed by atoms with Crippen molar-refractivity contribution in [1.29, 1.82) is 0 Å². The molecule has 1 aromatic carbocycles. The minimum atomic E-state index is -0.409. The SMILES string of the molecule is CCCC1(O)CN(Cc2cc(C)cc(C)c2)C1. The molecule has 1 N–H and O–H groups in total. The van der Waals surface area contributed by atoms with E-state index in [9.17, 15) is 5.11 Å². The predicted molar refractivity (Wildman–Crippen MR) is 71.1 cm³/mol. The minimum Gasteiger partial charge on any atom is -0.387 e. The molecule has 2 heteroatoms. The van der Waals surface area contributed by atoms with Crippen molar-refractivity contribution in [3.05, 3.63) is 34.9 Å². The highest BCUT2D eigenvalue weighted by Crippen LogP contribution is 2.27. The summed E-state index contributed by atoms with van der Waals surface area (Å²) in [6.07, 6.45) is 1.99. The van der Waals surface area contributed by atoms with Crippen molar-refractivity contribution >= 4 is 0 Å². The van der Waals surface area contributed by atoms with Gasteiger partial charge in [0, 0.05) is 19.6 Å². The average Bonchev–Trinajstić information content (AvgIpc) is 2.13. The second-order valence-corrected chi connectivity index (χ2v) is 5.62. The Bertz CT molecular complexity index is 374. The summed E-state index contributed by atoms with van der Waals surface area (Å²) in [7, 11) is 0.